The summed E-state index contributed by atoms with van der Waals surface area (Å²) in [7, 11) is 0. The van der Waals surface area contributed by atoms with E-state index in [4.69, 9.17) is 0 Å². The van der Waals surface area contributed by atoms with Gasteiger partial charge in [-0.05, 0) is 31.5 Å². The van der Waals surface area contributed by atoms with Crippen molar-refractivity contribution in [3.8, 4) is 11.4 Å². The largest absolute Gasteiger partial charge is 0.358 e. The number of aromatic nitrogens is 3. The predicted molar refractivity (Wildman–Crippen MR) is 84.5 cm³/mol. The molecule has 0 spiro atoms. The number of aryl methyl sites for hydroxylation is 2. The summed E-state index contributed by atoms with van der Waals surface area (Å²) in [6, 6.07) is 4.17. The molecule has 3 aromatic heterocycles. The smallest absolute Gasteiger partial charge is 0.183 e. The summed E-state index contributed by atoms with van der Waals surface area (Å²) in [5.74, 6) is 0. The van der Waals surface area contributed by atoms with Gasteiger partial charge in [0, 0.05) is 18.1 Å². The van der Waals surface area contributed by atoms with Crippen LogP contribution in [0, 0.1) is 13.8 Å². The van der Waals surface area contributed by atoms with Crippen LogP contribution < -0.4 is 5.32 Å². The van der Waals surface area contributed by atoms with Crippen molar-refractivity contribution in [1.82, 2.24) is 14.4 Å². The van der Waals surface area contributed by atoms with Gasteiger partial charge >= 0.3 is 0 Å². The van der Waals surface area contributed by atoms with Gasteiger partial charge < -0.3 is 5.32 Å². The summed E-state index contributed by atoms with van der Waals surface area (Å²) >= 11 is 1.60. The van der Waals surface area contributed by atoms with E-state index in [1.54, 1.807) is 11.3 Å². The maximum atomic E-state index is 4.62. The van der Waals surface area contributed by atoms with E-state index >= 15 is 0 Å². The Morgan fingerprint density at radius 1 is 1.40 bits per heavy atom. The van der Waals surface area contributed by atoms with Crippen molar-refractivity contribution in [2.45, 2.75) is 13.8 Å². The first-order valence-corrected chi connectivity index (χ1v) is 7.33. The lowest BCUT2D eigenvalue weighted by atomic mass is 10.2. The van der Waals surface area contributed by atoms with Gasteiger partial charge in [0.2, 0.25) is 0 Å². The first-order chi connectivity index (χ1) is 9.69. The number of hydrogen-bond donors (Lipinski definition) is 1. The Kier molecular flexibility index (Phi) is 3.28. The topological polar surface area (TPSA) is 42.2 Å². The number of pyridine rings is 1. The number of fused-ring (bicyclic) bond motifs is 1. The SMILES string of the molecule is C=CCNc1nc(-c2c(C)nc3cc(C)ccn23)cs1. The standard InChI is InChI=1S/C15H16N4S/c1-4-6-16-15-18-12(9-20-15)14-11(3)17-13-8-10(2)5-7-19(13)14/h4-5,7-9H,1,6H2,2-3H3,(H,16,18). The van der Waals surface area contributed by atoms with E-state index in [0.717, 1.165) is 34.4 Å². The predicted octanol–water partition coefficient (Wildman–Crippen LogP) is 3.67. The van der Waals surface area contributed by atoms with E-state index in [2.05, 4.69) is 56.9 Å². The lowest BCUT2D eigenvalue weighted by Gasteiger charge is -2.00. The highest BCUT2D eigenvalue weighted by atomic mass is 32.1. The average molecular weight is 284 g/mol. The second-order valence-corrected chi connectivity index (χ2v) is 5.54. The highest BCUT2D eigenvalue weighted by Crippen LogP contribution is 2.28. The Balaban J connectivity index is 2.07. The van der Waals surface area contributed by atoms with E-state index in [1.165, 1.54) is 5.56 Å². The van der Waals surface area contributed by atoms with Crippen LogP contribution in [0.25, 0.3) is 17.0 Å². The van der Waals surface area contributed by atoms with Crippen molar-refractivity contribution < 1.29 is 0 Å². The molecule has 0 atom stereocenters. The van der Waals surface area contributed by atoms with Gasteiger partial charge in [-0.1, -0.05) is 6.08 Å². The highest BCUT2D eigenvalue weighted by Gasteiger charge is 2.13. The number of nitrogens with zero attached hydrogens (tertiary/aromatic N) is 3. The highest BCUT2D eigenvalue weighted by molar-refractivity contribution is 7.14. The van der Waals surface area contributed by atoms with Gasteiger partial charge in [-0.3, -0.25) is 4.40 Å². The van der Waals surface area contributed by atoms with Crippen LogP contribution >= 0.6 is 11.3 Å². The number of anilines is 1. The van der Waals surface area contributed by atoms with Crippen molar-refractivity contribution in [1.29, 1.82) is 0 Å². The summed E-state index contributed by atoms with van der Waals surface area (Å²) in [5.41, 5.74) is 5.18. The number of nitrogens with one attached hydrogen (secondary N) is 1. The Morgan fingerprint density at radius 2 is 2.25 bits per heavy atom. The zero-order valence-corrected chi connectivity index (χ0v) is 12.4. The molecule has 4 nitrogen and oxygen atoms in total. The van der Waals surface area contributed by atoms with Crippen LogP contribution in [-0.4, -0.2) is 20.9 Å². The molecule has 0 bridgehead atoms. The minimum Gasteiger partial charge on any atom is -0.358 e. The summed E-state index contributed by atoms with van der Waals surface area (Å²) in [4.78, 5) is 9.24. The molecule has 3 heterocycles. The minimum atomic E-state index is 0.721. The van der Waals surface area contributed by atoms with Crippen LogP contribution in [-0.2, 0) is 0 Å². The molecule has 1 N–H and O–H groups in total. The van der Waals surface area contributed by atoms with Crippen LogP contribution in [0.2, 0.25) is 0 Å². The monoisotopic (exact) mass is 284 g/mol. The van der Waals surface area contributed by atoms with Crippen LogP contribution in [0.5, 0.6) is 0 Å². The van der Waals surface area contributed by atoms with Gasteiger partial charge in [0.1, 0.15) is 11.3 Å². The molecule has 0 amide bonds. The summed E-state index contributed by atoms with van der Waals surface area (Å²) in [5, 5.41) is 6.17. The zero-order valence-electron chi connectivity index (χ0n) is 11.6. The molecule has 20 heavy (non-hydrogen) atoms. The molecule has 0 aliphatic rings. The molecule has 0 aliphatic carbocycles. The van der Waals surface area contributed by atoms with Gasteiger partial charge in [0.05, 0.1) is 11.4 Å². The molecule has 0 fully saturated rings. The second-order valence-electron chi connectivity index (χ2n) is 4.69. The van der Waals surface area contributed by atoms with Gasteiger partial charge in [0.15, 0.2) is 5.13 Å². The molecular weight excluding hydrogens is 268 g/mol. The van der Waals surface area contributed by atoms with E-state index < -0.39 is 0 Å². The third-order valence-corrected chi connectivity index (χ3v) is 3.90. The Labute approximate surface area is 121 Å². The van der Waals surface area contributed by atoms with Crippen molar-refractivity contribution >= 4 is 22.1 Å². The quantitative estimate of drug-likeness (QED) is 0.743. The Hall–Kier alpha value is -2.14. The Bertz CT molecular complexity index is 769. The molecule has 0 unspecified atom stereocenters. The maximum Gasteiger partial charge on any atom is 0.183 e. The number of rotatable bonds is 4. The first-order valence-electron chi connectivity index (χ1n) is 6.45. The van der Waals surface area contributed by atoms with Crippen LogP contribution in [0.4, 0.5) is 5.13 Å². The van der Waals surface area contributed by atoms with Gasteiger partial charge in [-0.2, -0.15) is 0 Å². The van der Waals surface area contributed by atoms with E-state index in [9.17, 15) is 0 Å². The molecule has 0 saturated heterocycles. The van der Waals surface area contributed by atoms with Gasteiger partial charge in [-0.15, -0.1) is 17.9 Å². The molecule has 5 heteroatoms. The van der Waals surface area contributed by atoms with Crippen LogP contribution in [0.3, 0.4) is 0 Å². The fourth-order valence-electron chi connectivity index (χ4n) is 2.20. The average Bonchev–Trinajstić information content (AvgIpc) is 2.99. The third-order valence-electron chi connectivity index (χ3n) is 3.10. The second kappa shape index (κ2) is 5.09. The zero-order chi connectivity index (χ0) is 14.1. The lowest BCUT2D eigenvalue weighted by molar-refractivity contribution is 1.16. The summed E-state index contributed by atoms with van der Waals surface area (Å²) < 4.78 is 2.09. The number of imidazole rings is 1. The van der Waals surface area contributed by atoms with E-state index in [-0.39, 0.29) is 0 Å². The molecule has 0 radical (unpaired) electrons. The molecule has 0 aliphatic heterocycles. The maximum absolute atomic E-state index is 4.62. The van der Waals surface area contributed by atoms with Crippen molar-refractivity contribution in [3.05, 3.63) is 47.6 Å². The third kappa shape index (κ3) is 2.20. The lowest BCUT2D eigenvalue weighted by Crippen LogP contribution is -1.97. The van der Waals surface area contributed by atoms with Crippen molar-refractivity contribution in [2.75, 3.05) is 11.9 Å². The normalized spacial score (nSPS) is 10.9. The van der Waals surface area contributed by atoms with E-state index in [1.807, 2.05) is 13.0 Å². The van der Waals surface area contributed by atoms with Gasteiger partial charge in [0.25, 0.3) is 0 Å². The molecule has 3 aromatic rings. The van der Waals surface area contributed by atoms with Crippen LogP contribution in [0.1, 0.15) is 11.3 Å². The van der Waals surface area contributed by atoms with Crippen molar-refractivity contribution in [3.63, 3.8) is 0 Å². The molecule has 102 valence electrons. The fourth-order valence-corrected chi connectivity index (χ4v) is 2.90. The molecule has 3 rings (SSSR count). The fraction of sp³-hybridized carbons (Fsp3) is 0.200. The molecule has 0 saturated carbocycles. The van der Waals surface area contributed by atoms with E-state index in [0.29, 0.717) is 0 Å². The van der Waals surface area contributed by atoms with Gasteiger partial charge in [-0.25, -0.2) is 9.97 Å². The number of hydrogen-bond acceptors (Lipinski definition) is 4. The molecular formula is C15H16N4S. The van der Waals surface area contributed by atoms with Crippen molar-refractivity contribution in [2.24, 2.45) is 0 Å². The van der Waals surface area contributed by atoms with Crippen LogP contribution in [0.15, 0.2) is 36.4 Å². The Morgan fingerprint density at radius 3 is 3.05 bits per heavy atom. The number of thiazole rings is 1. The first kappa shape index (κ1) is 12.9. The summed E-state index contributed by atoms with van der Waals surface area (Å²) in [6.45, 7) is 8.51. The minimum absolute atomic E-state index is 0.721. The molecule has 0 aromatic carbocycles. The summed E-state index contributed by atoms with van der Waals surface area (Å²) in [6.07, 6.45) is 3.87.